The summed E-state index contributed by atoms with van der Waals surface area (Å²) in [5.41, 5.74) is 2.27. The number of hydrogen-bond donors (Lipinski definition) is 1. The number of rotatable bonds is 5. The van der Waals surface area contributed by atoms with E-state index in [1.54, 1.807) is 0 Å². The van der Waals surface area contributed by atoms with Crippen molar-refractivity contribution < 1.29 is 9.53 Å². The fraction of sp³-hybridized carbons (Fsp3) is 0.188. The van der Waals surface area contributed by atoms with E-state index in [4.69, 9.17) is 4.74 Å². The molecule has 5 heteroatoms. The van der Waals surface area contributed by atoms with Crippen molar-refractivity contribution in [1.29, 1.82) is 0 Å². The molecule has 0 aliphatic heterocycles. The van der Waals surface area contributed by atoms with E-state index in [0.29, 0.717) is 12.3 Å². The van der Waals surface area contributed by atoms with E-state index in [0.717, 1.165) is 20.1 Å². The molecule has 2 aromatic rings. The minimum Gasteiger partial charge on any atom is -0.483 e. The van der Waals surface area contributed by atoms with Gasteiger partial charge in [-0.2, -0.15) is 0 Å². The van der Waals surface area contributed by atoms with E-state index in [2.05, 4.69) is 37.2 Å². The van der Waals surface area contributed by atoms with Crippen molar-refractivity contribution >= 4 is 37.8 Å². The van der Waals surface area contributed by atoms with Crippen molar-refractivity contribution in [2.45, 2.75) is 13.5 Å². The average molecular weight is 413 g/mol. The maximum absolute atomic E-state index is 11.8. The smallest absolute Gasteiger partial charge is 0.258 e. The molecule has 110 valence electrons. The number of hydrogen-bond acceptors (Lipinski definition) is 2. The predicted molar refractivity (Wildman–Crippen MR) is 90.4 cm³/mol. The summed E-state index contributed by atoms with van der Waals surface area (Å²) in [5.74, 6) is 0.498. The third-order valence-corrected chi connectivity index (χ3v) is 4.10. The van der Waals surface area contributed by atoms with Crippen molar-refractivity contribution in [2.75, 3.05) is 6.61 Å². The zero-order chi connectivity index (χ0) is 15.2. The van der Waals surface area contributed by atoms with Crippen molar-refractivity contribution in [3.63, 3.8) is 0 Å². The van der Waals surface area contributed by atoms with Crippen LogP contribution >= 0.6 is 31.9 Å². The largest absolute Gasteiger partial charge is 0.483 e. The zero-order valence-electron chi connectivity index (χ0n) is 11.5. The molecule has 0 aliphatic rings. The van der Waals surface area contributed by atoms with Crippen molar-refractivity contribution in [2.24, 2.45) is 0 Å². The number of aryl methyl sites for hydroxylation is 1. The summed E-state index contributed by atoms with van der Waals surface area (Å²) in [4.78, 5) is 11.8. The third-order valence-electron chi connectivity index (χ3n) is 2.99. The van der Waals surface area contributed by atoms with Crippen LogP contribution in [0, 0.1) is 6.92 Å². The molecule has 0 aliphatic carbocycles. The molecule has 0 bridgehead atoms. The highest BCUT2D eigenvalue weighted by atomic mass is 79.9. The molecule has 0 heterocycles. The van der Waals surface area contributed by atoms with Crippen LogP contribution in [-0.2, 0) is 11.3 Å². The summed E-state index contributed by atoms with van der Waals surface area (Å²) in [7, 11) is 0. The van der Waals surface area contributed by atoms with Crippen molar-refractivity contribution in [3.05, 3.63) is 62.5 Å². The van der Waals surface area contributed by atoms with E-state index in [1.165, 1.54) is 0 Å². The molecular formula is C16H15Br2NO2. The number of amides is 1. The van der Waals surface area contributed by atoms with Gasteiger partial charge in [0.05, 0.1) is 4.47 Å². The number of halogens is 2. The fourth-order valence-corrected chi connectivity index (χ4v) is 2.95. The summed E-state index contributed by atoms with van der Waals surface area (Å²) >= 11 is 6.76. The Hall–Kier alpha value is -1.33. The molecule has 0 fully saturated rings. The van der Waals surface area contributed by atoms with Crippen LogP contribution in [0.4, 0.5) is 0 Å². The molecule has 3 nitrogen and oxygen atoms in total. The Morgan fingerprint density at radius 3 is 2.67 bits per heavy atom. The summed E-state index contributed by atoms with van der Waals surface area (Å²) in [6, 6.07) is 13.5. The Morgan fingerprint density at radius 1 is 1.19 bits per heavy atom. The molecule has 0 atom stereocenters. The van der Waals surface area contributed by atoms with Crippen LogP contribution in [0.15, 0.2) is 51.4 Å². The van der Waals surface area contributed by atoms with Crippen LogP contribution in [0.5, 0.6) is 5.75 Å². The number of ether oxygens (including phenoxy) is 1. The molecule has 0 saturated heterocycles. The van der Waals surface area contributed by atoms with Crippen LogP contribution in [-0.4, -0.2) is 12.5 Å². The standard InChI is InChI=1S/C16H15Br2NO2/c1-11-4-2-3-5-12(11)9-19-16(20)10-21-15-7-6-13(17)8-14(15)18/h2-8H,9-10H2,1H3,(H,19,20). The molecule has 1 amide bonds. The first-order chi connectivity index (χ1) is 10.1. The molecule has 0 unspecified atom stereocenters. The highest BCUT2D eigenvalue weighted by Gasteiger charge is 2.06. The Morgan fingerprint density at radius 2 is 1.95 bits per heavy atom. The first-order valence-electron chi connectivity index (χ1n) is 6.45. The summed E-state index contributed by atoms with van der Waals surface area (Å²) in [6.45, 7) is 2.53. The second-order valence-electron chi connectivity index (χ2n) is 4.57. The molecule has 1 N–H and O–H groups in total. The average Bonchev–Trinajstić information content (AvgIpc) is 2.45. The van der Waals surface area contributed by atoms with Crippen molar-refractivity contribution in [1.82, 2.24) is 5.32 Å². The van der Waals surface area contributed by atoms with E-state index in [9.17, 15) is 4.79 Å². The summed E-state index contributed by atoms with van der Waals surface area (Å²) in [5, 5.41) is 2.85. The van der Waals surface area contributed by atoms with Gasteiger partial charge in [-0.3, -0.25) is 4.79 Å². The van der Waals surface area contributed by atoms with E-state index in [1.807, 2.05) is 49.4 Å². The van der Waals surface area contributed by atoms with Gasteiger partial charge >= 0.3 is 0 Å². The zero-order valence-corrected chi connectivity index (χ0v) is 14.7. The number of carbonyl (C=O) groups is 1. The van der Waals surface area contributed by atoms with Crippen LogP contribution in [0.2, 0.25) is 0 Å². The lowest BCUT2D eigenvalue weighted by molar-refractivity contribution is -0.123. The lowest BCUT2D eigenvalue weighted by Crippen LogP contribution is -2.28. The van der Waals surface area contributed by atoms with Gasteiger partial charge in [0, 0.05) is 11.0 Å². The van der Waals surface area contributed by atoms with Gasteiger partial charge in [0.2, 0.25) is 0 Å². The molecule has 2 rings (SSSR count). The van der Waals surface area contributed by atoms with Gasteiger partial charge in [-0.15, -0.1) is 0 Å². The SMILES string of the molecule is Cc1ccccc1CNC(=O)COc1ccc(Br)cc1Br. The second kappa shape index (κ2) is 7.61. The minimum atomic E-state index is -0.145. The lowest BCUT2D eigenvalue weighted by atomic mass is 10.1. The maximum atomic E-state index is 11.8. The molecule has 0 aromatic heterocycles. The molecule has 0 radical (unpaired) electrons. The maximum Gasteiger partial charge on any atom is 0.258 e. The van der Waals surface area contributed by atoms with Crippen molar-refractivity contribution in [3.8, 4) is 5.75 Å². The molecule has 2 aromatic carbocycles. The Kier molecular flexibility index (Phi) is 5.82. The van der Waals surface area contributed by atoms with E-state index in [-0.39, 0.29) is 12.5 Å². The quantitative estimate of drug-likeness (QED) is 0.798. The third kappa shape index (κ3) is 4.86. The summed E-state index contributed by atoms with van der Waals surface area (Å²) < 4.78 is 7.25. The molecule has 21 heavy (non-hydrogen) atoms. The molecule has 0 saturated carbocycles. The monoisotopic (exact) mass is 411 g/mol. The van der Waals surface area contributed by atoms with E-state index < -0.39 is 0 Å². The predicted octanol–water partition coefficient (Wildman–Crippen LogP) is 4.22. The number of carbonyl (C=O) groups excluding carboxylic acids is 1. The lowest BCUT2D eigenvalue weighted by Gasteiger charge is -2.10. The van der Waals surface area contributed by atoms with Gasteiger partial charge in [-0.05, 0) is 52.2 Å². The highest BCUT2D eigenvalue weighted by Crippen LogP contribution is 2.28. The fourth-order valence-electron chi connectivity index (χ4n) is 1.79. The Labute approximate surface area is 141 Å². The number of benzene rings is 2. The van der Waals surface area contributed by atoms with E-state index >= 15 is 0 Å². The van der Waals surface area contributed by atoms with Gasteiger partial charge in [0.25, 0.3) is 5.91 Å². The summed E-state index contributed by atoms with van der Waals surface area (Å²) in [6.07, 6.45) is 0. The molecular weight excluding hydrogens is 398 g/mol. The molecule has 0 spiro atoms. The highest BCUT2D eigenvalue weighted by molar-refractivity contribution is 9.11. The Balaban J connectivity index is 1.84. The van der Waals surface area contributed by atoms with Crippen LogP contribution in [0.1, 0.15) is 11.1 Å². The first kappa shape index (κ1) is 16.0. The number of nitrogens with one attached hydrogen (secondary N) is 1. The topological polar surface area (TPSA) is 38.3 Å². The first-order valence-corrected chi connectivity index (χ1v) is 8.04. The normalized spacial score (nSPS) is 10.2. The van der Waals surface area contributed by atoms with Gasteiger partial charge in [0.1, 0.15) is 5.75 Å². The van der Waals surface area contributed by atoms with Gasteiger partial charge in [0.15, 0.2) is 6.61 Å². The van der Waals surface area contributed by atoms with Gasteiger partial charge in [-0.1, -0.05) is 40.2 Å². The second-order valence-corrected chi connectivity index (χ2v) is 6.34. The Bertz CT molecular complexity index is 644. The van der Waals surface area contributed by atoms with Gasteiger partial charge < -0.3 is 10.1 Å². The van der Waals surface area contributed by atoms with Crippen LogP contribution in [0.25, 0.3) is 0 Å². The van der Waals surface area contributed by atoms with Gasteiger partial charge in [-0.25, -0.2) is 0 Å². The minimum absolute atomic E-state index is 0.00782. The van der Waals surface area contributed by atoms with Crippen LogP contribution < -0.4 is 10.1 Å². The van der Waals surface area contributed by atoms with Crippen LogP contribution in [0.3, 0.4) is 0 Å².